The van der Waals surface area contributed by atoms with Gasteiger partial charge in [0.15, 0.2) is 12.1 Å². The third-order valence-corrected chi connectivity index (χ3v) is 3.25. The van der Waals surface area contributed by atoms with E-state index in [1.165, 1.54) is 0 Å². The molecule has 0 bridgehead atoms. The Balaban J connectivity index is 2.86. The van der Waals surface area contributed by atoms with Crippen molar-refractivity contribution < 1.29 is 44.6 Å². The summed E-state index contributed by atoms with van der Waals surface area (Å²) in [5.41, 5.74) is 0. The Morgan fingerprint density at radius 2 is 1.50 bits per heavy atom. The van der Waals surface area contributed by atoms with Crippen molar-refractivity contribution in [1.82, 2.24) is 0 Å². The highest BCUT2D eigenvalue weighted by Gasteiger charge is 2.50. The quantitative estimate of drug-likeness (QED) is 0.247. The van der Waals surface area contributed by atoms with Crippen LogP contribution in [0.1, 0.15) is 0 Å². The van der Waals surface area contributed by atoms with Crippen LogP contribution in [0.2, 0.25) is 0 Å². The van der Waals surface area contributed by atoms with E-state index in [4.69, 9.17) is 25.1 Å². The lowest BCUT2D eigenvalue weighted by Crippen LogP contribution is -2.60. The van der Waals surface area contributed by atoms with Crippen LogP contribution in [0.15, 0.2) is 0 Å². The Bertz CT molecular complexity index is 290. The number of hydrogen-bond acceptors (Lipinski definition) is 7. The van der Waals surface area contributed by atoms with Gasteiger partial charge in [0.25, 0.3) is 0 Å². The number of aliphatic hydroxyl groups excluding tert-OH is 5. The molecule has 7 N–H and O–H groups in total. The van der Waals surface area contributed by atoms with Gasteiger partial charge in [0.05, 0.1) is 0 Å². The molecule has 0 aromatic carbocycles. The minimum Gasteiger partial charge on any atom is -0.387 e. The monoisotopic (exact) mass is 260 g/mol. The van der Waals surface area contributed by atoms with Crippen molar-refractivity contribution in [1.29, 1.82) is 0 Å². The van der Waals surface area contributed by atoms with Crippen LogP contribution in [0.3, 0.4) is 0 Å². The second-order valence-electron chi connectivity index (χ2n) is 3.47. The number of aliphatic hydroxyl groups is 5. The molecule has 1 heterocycles. The summed E-state index contributed by atoms with van der Waals surface area (Å²) in [6.07, 6.45) is -9.48. The van der Waals surface area contributed by atoms with Gasteiger partial charge in [-0.1, -0.05) is 0 Å². The largest absolute Gasteiger partial charge is 0.387 e. The van der Waals surface area contributed by atoms with E-state index < -0.39 is 44.1 Å². The van der Waals surface area contributed by atoms with E-state index in [-0.39, 0.29) is 0 Å². The predicted octanol–water partition coefficient (Wildman–Crippen LogP) is -3.72. The zero-order valence-corrected chi connectivity index (χ0v) is 8.75. The molecule has 4 unspecified atom stereocenters. The van der Waals surface area contributed by atoms with Crippen LogP contribution in [0.5, 0.6) is 0 Å². The molecule has 0 saturated carbocycles. The zero-order chi connectivity index (χ0) is 12.7. The normalized spacial score (nSPS) is 43.1. The average molecular weight is 260 g/mol. The fourth-order valence-electron chi connectivity index (χ4n) is 1.33. The van der Waals surface area contributed by atoms with Gasteiger partial charge in [-0.25, -0.2) is 0 Å². The highest BCUT2D eigenvalue weighted by Crippen LogP contribution is 2.44. The van der Waals surface area contributed by atoms with Crippen LogP contribution in [-0.2, 0) is 9.30 Å². The summed E-state index contributed by atoms with van der Waals surface area (Å²) >= 11 is 0. The minimum absolute atomic E-state index is 1.82. The molecule has 1 aliphatic rings. The second-order valence-corrected chi connectivity index (χ2v) is 5.17. The number of rotatable bonds is 2. The third kappa shape index (κ3) is 2.59. The Morgan fingerprint density at radius 3 is 1.94 bits per heavy atom. The lowest BCUT2D eigenvalue weighted by molar-refractivity contribution is -0.291. The lowest BCUT2D eigenvalue weighted by Gasteiger charge is -2.39. The molecule has 0 aliphatic carbocycles. The summed E-state index contributed by atoms with van der Waals surface area (Å²) < 4.78 is 15.1. The van der Waals surface area contributed by atoms with E-state index in [0.29, 0.717) is 0 Å². The van der Waals surface area contributed by atoms with E-state index in [9.17, 15) is 14.8 Å². The molecule has 0 aromatic rings. The van der Waals surface area contributed by atoms with Crippen molar-refractivity contribution >= 4 is 7.60 Å². The molecule has 0 radical (unpaired) electrons. The molecule has 0 aromatic heterocycles. The molecule has 1 rings (SSSR count). The van der Waals surface area contributed by atoms with E-state index >= 15 is 0 Å². The molecule has 6 atom stereocenters. The van der Waals surface area contributed by atoms with Gasteiger partial charge in [-0.15, -0.1) is 0 Å². The lowest BCUT2D eigenvalue weighted by atomic mass is 9.99. The molecule has 1 fully saturated rings. The van der Waals surface area contributed by atoms with E-state index in [2.05, 4.69) is 4.74 Å². The Labute approximate surface area is 89.7 Å². The van der Waals surface area contributed by atoms with Crippen molar-refractivity contribution in [3.05, 3.63) is 0 Å². The van der Waals surface area contributed by atoms with E-state index in [1.54, 1.807) is 0 Å². The zero-order valence-electron chi connectivity index (χ0n) is 7.86. The summed E-state index contributed by atoms with van der Waals surface area (Å²) in [5, 5.41) is 45.8. The van der Waals surface area contributed by atoms with Crippen LogP contribution in [0.25, 0.3) is 0 Å². The van der Waals surface area contributed by atoms with E-state index in [1.807, 2.05) is 0 Å². The van der Waals surface area contributed by atoms with Gasteiger partial charge in [0.1, 0.15) is 24.4 Å². The Morgan fingerprint density at radius 1 is 1.00 bits per heavy atom. The standard InChI is InChI=1S/C6H13O9P/c7-1-2(8)4(6(11)16(12,13)14)15-5(10)3(1)9/h1-11H,(H2,12,13,14)/t1?,2-,3?,4?,5+,6?/m0/s1. The predicted molar refractivity (Wildman–Crippen MR) is 47.0 cm³/mol. The van der Waals surface area contributed by atoms with Crippen LogP contribution < -0.4 is 0 Å². The highest BCUT2D eigenvalue weighted by atomic mass is 31.2. The topological polar surface area (TPSA) is 168 Å². The summed E-state index contributed by atoms with van der Waals surface area (Å²) in [7, 11) is -4.97. The van der Waals surface area contributed by atoms with Crippen molar-refractivity contribution in [2.24, 2.45) is 0 Å². The van der Waals surface area contributed by atoms with Crippen molar-refractivity contribution in [2.75, 3.05) is 0 Å². The molecular weight excluding hydrogens is 247 g/mol. The summed E-state index contributed by atoms with van der Waals surface area (Å²) in [6, 6.07) is 0. The molecule has 9 nitrogen and oxygen atoms in total. The minimum atomic E-state index is -4.97. The number of hydrogen-bond donors (Lipinski definition) is 7. The summed E-state index contributed by atoms with van der Waals surface area (Å²) in [4.78, 5) is 17.3. The SMILES string of the molecule is O=P(O)(O)C(O)C1O[C@@H](O)C(O)C(O)[C@@H]1O. The van der Waals surface area contributed by atoms with Gasteiger partial charge in [-0.05, 0) is 0 Å². The van der Waals surface area contributed by atoms with Crippen LogP contribution in [0.4, 0.5) is 0 Å². The Kier molecular flexibility index (Phi) is 4.06. The molecule has 96 valence electrons. The third-order valence-electron chi connectivity index (χ3n) is 2.26. The summed E-state index contributed by atoms with van der Waals surface area (Å²) in [5.74, 6) is -2.40. The first kappa shape index (κ1) is 14.0. The summed E-state index contributed by atoms with van der Waals surface area (Å²) in [6.45, 7) is 0. The second kappa shape index (κ2) is 4.65. The smallest absolute Gasteiger partial charge is 0.356 e. The van der Waals surface area contributed by atoms with Gasteiger partial charge < -0.3 is 40.1 Å². The van der Waals surface area contributed by atoms with Gasteiger partial charge in [0, 0.05) is 0 Å². The molecular formula is C6H13O9P. The van der Waals surface area contributed by atoms with E-state index in [0.717, 1.165) is 0 Å². The first-order valence-electron chi connectivity index (χ1n) is 4.27. The van der Waals surface area contributed by atoms with Gasteiger partial charge in [-0.3, -0.25) is 4.57 Å². The van der Waals surface area contributed by atoms with Crippen molar-refractivity contribution in [2.45, 2.75) is 36.6 Å². The molecule has 16 heavy (non-hydrogen) atoms. The first-order chi connectivity index (χ1) is 7.16. The van der Waals surface area contributed by atoms with Gasteiger partial charge >= 0.3 is 7.60 Å². The molecule has 0 spiro atoms. The van der Waals surface area contributed by atoms with Gasteiger partial charge in [-0.2, -0.15) is 0 Å². The molecule has 10 heteroatoms. The maximum absolute atomic E-state index is 10.7. The van der Waals surface area contributed by atoms with Crippen LogP contribution in [-0.4, -0.2) is 71.9 Å². The average Bonchev–Trinajstić information content (AvgIpc) is 2.18. The van der Waals surface area contributed by atoms with Crippen molar-refractivity contribution in [3.8, 4) is 0 Å². The first-order valence-corrected chi connectivity index (χ1v) is 5.95. The Hall–Kier alpha value is -0.0900. The van der Waals surface area contributed by atoms with Gasteiger partial charge in [0.2, 0.25) is 0 Å². The fraction of sp³-hybridized carbons (Fsp3) is 1.00. The van der Waals surface area contributed by atoms with Crippen molar-refractivity contribution in [3.63, 3.8) is 0 Å². The maximum atomic E-state index is 10.7. The van der Waals surface area contributed by atoms with Crippen LogP contribution >= 0.6 is 7.60 Å². The fourth-order valence-corrected chi connectivity index (χ4v) is 1.95. The highest BCUT2D eigenvalue weighted by molar-refractivity contribution is 7.52. The molecule has 1 saturated heterocycles. The van der Waals surface area contributed by atoms with Crippen LogP contribution in [0, 0.1) is 0 Å². The molecule has 0 amide bonds. The maximum Gasteiger partial charge on any atom is 0.356 e. The molecule has 1 aliphatic heterocycles. The number of ether oxygens (including phenoxy) is 1.